The van der Waals surface area contributed by atoms with Crippen molar-refractivity contribution in [1.82, 2.24) is 4.57 Å². The summed E-state index contributed by atoms with van der Waals surface area (Å²) in [5.41, 5.74) is 3.52. The zero-order chi connectivity index (χ0) is 20.6. The number of amides is 2. The molecule has 1 aliphatic rings. The van der Waals surface area contributed by atoms with Crippen molar-refractivity contribution < 1.29 is 14.3 Å². The van der Waals surface area contributed by atoms with Crippen LogP contribution in [0.25, 0.3) is 0 Å². The number of hydrogen-bond donors (Lipinski definition) is 1. The maximum atomic E-state index is 12.8. The first-order chi connectivity index (χ1) is 13.1. The molecule has 1 aromatic carbocycles. The van der Waals surface area contributed by atoms with Crippen LogP contribution < -0.4 is 15.0 Å². The van der Waals surface area contributed by atoms with Gasteiger partial charge < -0.3 is 19.5 Å². The van der Waals surface area contributed by atoms with E-state index in [2.05, 4.69) is 16.8 Å². The van der Waals surface area contributed by atoms with Crippen LogP contribution in [0.5, 0.6) is 5.75 Å². The lowest BCUT2D eigenvalue weighted by molar-refractivity contribution is -0.126. The van der Waals surface area contributed by atoms with Gasteiger partial charge in [-0.25, -0.2) is 0 Å². The van der Waals surface area contributed by atoms with Crippen LogP contribution in [-0.2, 0) is 11.3 Å². The van der Waals surface area contributed by atoms with Gasteiger partial charge in [0.15, 0.2) is 0 Å². The molecule has 6 heteroatoms. The summed E-state index contributed by atoms with van der Waals surface area (Å²) in [6.07, 6.45) is 0. The number of rotatable bonds is 3. The molecule has 0 fully saturated rings. The highest BCUT2D eigenvalue weighted by Crippen LogP contribution is 2.36. The Hall–Kier alpha value is -2.76. The van der Waals surface area contributed by atoms with E-state index < -0.39 is 5.41 Å². The van der Waals surface area contributed by atoms with Gasteiger partial charge in [-0.15, -0.1) is 0 Å². The summed E-state index contributed by atoms with van der Waals surface area (Å²) in [6.45, 7) is 13.5. The topological polar surface area (TPSA) is 63.6 Å². The minimum Gasteiger partial charge on any atom is -0.490 e. The predicted molar refractivity (Wildman–Crippen MR) is 111 cm³/mol. The number of anilines is 2. The van der Waals surface area contributed by atoms with Crippen molar-refractivity contribution in [2.45, 2.75) is 48.1 Å². The molecule has 2 heterocycles. The number of carbonyl (C=O) groups is 2. The summed E-state index contributed by atoms with van der Waals surface area (Å²) in [5.74, 6) is 0.538. The number of fused-ring (bicyclic) bond motifs is 1. The first kappa shape index (κ1) is 20.0. The molecular weight excluding hydrogens is 354 g/mol. The molecule has 28 heavy (non-hydrogen) atoms. The number of nitrogens with zero attached hydrogens (tertiary/aromatic N) is 2. The molecule has 0 bridgehead atoms. The van der Waals surface area contributed by atoms with Crippen LogP contribution in [0, 0.1) is 19.3 Å². The molecule has 0 unspecified atom stereocenters. The molecule has 0 spiro atoms. The smallest absolute Gasteiger partial charge is 0.257 e. The lowest BCUT2D eigenvalue weighted by atomic mass is 9.94. The minimum absolute atomic E-state index is 0.0343. The molecule has 0 saturated heterocycles. The summed E-state index contributed by atoms with van der Waals surface area (Å²) in [5, 5.41) is 2.97. The second kappa shape index (κ2) is 7.34. The van der Waals surface area contributed by atoms with E-state index >= 15 is 0 Å². The number of carbonyl (C=O) groups excluding carboxylic acids is 2. The Morgan fingerprint density at radius 3 is 2.50 bits per heavy atom. The molecule has 0 atom stereocenters. The first-order valence-electron chi connectivity index (χ1n) is 9.70. The van der Waals surface area contributed by atoms with Gasteiger partial charge in [-0.3, -0.25) is 9.59 Å². The van der Waals surface area contributed by atoms with E-state index in [1.807, 2.05) is 52.8 Å². The lowest BCUT2D eigenvalue weighted by Gasteiger charge is -2.34. The highest BCUT2D eigenvalue weighted by atomic mass is 16.5. The fraction of sp³-hybridized carbons (Fsp3) is 0.455. The Bertz CT molecular complexity index is 922. The molecule has 0 saturated carbocycles. The van der Waals surface area contributed by atoms with Gasteiger partial charge in [-0.2, -0.15) is 0 Å². The van der Waals surface area contributed by atoms with Gasteiger partial charge in [0.1, 0.15) is 12.4 Å². The van der Waals surface area contributed by atoms with Crippen molar-refractivity contribution >= 4 is 23.2 Å². The number of nitrogens with one attached hydrogen (secondary N) is 1. The minimum atomic E-state index is -0.494. The lowest BCUT2D eigenvalue weighted by Crippen LogP contribution is -2.44. The maximum Gasteiger partial charge on any atom is 0.257 e. The van der Waals surface area contributed by atoms with E-state index in [0.29, 0.717) is 35.8 Å². The average molecular weight is 383 g/mol. The summed E-state index contributed by atoms with van der Waals surface area (Å²) in [7, 11) is 0. The van der Waals surface area contributed by atoms with E-state index in [1.165, 1.54) is 0 Å². The Morgan fingerprint density at radius 2 is 1.89 bits per heavy atom. The van der Waals surface area contributed by atoms with E-state index in [4.69, 9.17) is 4.74 Å². The molecule has 1 N–H and O–H groups in total. The van der Waals surface area contributed by atoms with E-state index in [0.717, 1.165) is 17.9 Å². The molecule has 2 aromatic rings. The normalized spacial score (nSPS) is 13.7. The average Bonchev–Trinajstić information content (AvgIpc) is 2.93. The third kappa shape index (κ3) is 3.63. The second-order valence-electron chi connectivity index (χ2n) is 8.22. The zero-order valence-corrected chi connectivity index (χ0v) is 17.5. The van der Waals surface area contributed by atoms with Crippen LogP contribution in [0.1, 0.15) is 49.4 Å². The maximum absolute atomic E-state index is 12.8. The van der Waals surface area contributed by atoms with Gasteiger partial charge in [-0.05, 0) is 45.0 Å². The van der Waals surface area contributed by atoms with Crippen LogP contribution in [0.3, 0.4) is 0 Å². The van der Waals surface area contributed by atoms with Crippen molar-refractivity contribution in [3.63, 3.8) is 0 Å². The van der Waals surface area contributed by atoms with Crippen LogP contribution in [0.15, 0.2) is 24.3 Å². The Kier molecular flexibility index (Phi) is 5.24. The van der Waals surface area contributed by atoms with Gasteiger partial charge >= 0.3 is 0 Å². The van der Waals surface area contributed by atoms with Crippen LogP contribution in [0.2, 0.25) is 0 Å². The Labute approximate surface area is 166 Å². The second-order valence-corrected chi connectivity index (χ2v) is 8.22. The third-order valence-electron chi connectivity index (χ3n) is 5.10. The summed E-state index contributed by atoms with van der Waals surface area (Å²) < 4.78 is 7.81. The molecule has 1 aliphatic heterocycles. The number of hydrogen-bond acceptors (Lipinski definition) is 3. The van der Waals surface area contributed by atoms with Crippen molar-refractivity contribution in [3.05, 3.63) is 41.2 Å². The van der Waals surface area contributed by atoms with Crippen LogP contribution in [0.4, 0.5) is 11.4 Å². The van der Waals surface area contributed by atoms with Crippen LogP contribution in [-0.4, -0.2) is 29.5 Å². The van der Waals surface area contributed by atoms with Crippen molar-refractivity contribution in [2.24, 2.45) is 5.41 Å². The standard InChI is InChI=1S/C22H29N3O3/c1-7-24-14(2)12-17(15(24)3)20(26)23-16-8-9-19-18(13-16)25(10-11-28-19)21(27)22(4,5)6/h8-9,12-13H,7,10-11H2,1-6H3,(H,23,26). The fourth-order valence-electron chi connectivity index (χ4n) is 3.63. The molecule has 0 radical (unpaired) electrons. The molecule has 6 nitrogen and oxygen atoms in total. The predicted octanol–water partition coefficient (Wildman–Crippen LogP) is 4.15. The van der Waals surface area contributed by atoms with Gasteiger partial charge in [0, 0.05) is 29.0 Å². The van der Waals surface area contributed by atoms with E-state index in [9.17, 15) is 9.59 Å². The quantitative estimate of drug-likeness (QED) is 0.866. The molecule has 1 aromatic heterocycles. The molecular formula is C22H29N3O3. The first-order valence-corrected chi connectivity index (χ1v) is 9.70. The SMILES string of the molecule is CCn1c(C)cc(C(=O)Nc2ccc3c(c2)N(C(=O)C(C)(C)C)CCO3)c1C. The van der Waals surface area contributed by atoms with E-state index in [1.54, 1.807) is 11.0 Å². The summed E-state index contributed by atoms with van der Waals surface area (Å²) >= 11 is 0. The van der Waals surface area contributed by atoms with Crippen molar-refractivity contribution in [1.29, 1.82) is 0 Å². The number of aryl methyl sites for hydroxylation is 1. The molecule has 2 amide bonds. The zero-order valence-electron chi connectivity index (χ0n) is 17.5. The fourth-order valence-corrected chi connectivity index (χ4v) is 3.63. The van der Waals surface area contributed by atoms with Crippen molar-refractivity contribution in [3.8, 4) is 5.75 Å². The van der Waals surface area contributed by atoms with E-state index in [-0.39, 0.29) is 11.8 Å². The highest BCUT2D eigenvalue weighted by molar-refractivity contribution is 6.06. The summed E-state index contributed by atoms with van der Waals surface area (Å²) in [4.78, 5) is 27.4. The summed E-state index contributed by atoms with van der Waals surface area (Å²) in [6, 6.07) is 7.34. The number of ether oxygens (including phenoxy) is 1. The Morgan fingerprint density at radius 1 is 1.18 bits per heavy atom. The Balaban J connectivity index is 1.89. The van der Waals surface area contributed by atoms with Gasteiger partial charge in [-0.1, -0.05) is 20.8 Å². The van der Waals surface area contributed by atoms with Gasteiger partial charge in [0.05, 0.1) is 17.8 Å². The molecule has 0 aliphatic carbocycles. The van der Waals surface area contributed by atoms with Crippen molar-refractivity contribution in [2.75, 3.05) is 23.4 Å². The van der Waals surface area contributed by atoms with Gasteiger partial charge in [0.25, 0.3) is 5.91 Å². The third-order valence-corrected chi connectivity index (χ3v) is 5.10. The molecule has 3 rings (SSSR count). The van der Waals surface area contributed by atoms with Crippen LogP contribution >= 0.6 is 0 Å². The highest BCUT2D eigenvalue weighted by Gasteiger charge is 2.32. The van der Waals surface area contributed by atoms with Gasteiger partial charge in [0.2, 0.25) is 5.91 Å². The largest absolute Gasteiger partial charge is 0.490 e. The monoisotopic (exact) mass is 383 g/mol. The number of benzene rings is 1. The number of aromatic nitrogens is 1. The molecule has 150 valence electrons.